The van der Waals surface area contributed by atoms with Crippen molar-refractivity contribution in [2.24, 2.45) is 0 Å². The summed E-state index contributed by atoms with van der Waals surface area (Å²) in [6.07, 6.45) is 0. The monoisotopic (exact) mass is 606 g/mol. The van der Waals surface area contributed by atoms with Crippen LogP contribution in [0.25, 0.3) is 101 Å². The van der Waals surface area contributed by atoms with Gasteiger partial charge in [-0.05, 0) is 30.3 Å². The van der Waals surface area contributed by atoms with Gasteiger partial charge < -0.3 is 13.3 Å². The molecule has 10 rings (SSSR count). The second-order valence-corrected chi connectivity index (χ2v) is 11.4. The molecule has 0 unspecified atom stereocenters. The van der Waals surface area contributed by atoms with Crippen molar-refractivity contribution in [1.29, 1.82) is 0 Å². The van der Waals surface area contributed by atoms with E-state index in [4.69, 9.17) is 33.2 Å². The number of hydrogen-bond acceptors (Lipinski definition) is 7. The Kier molecular flexibility index (Phi) is 5.44. The van der Waals surface area contributed by atoms with Crippen molar-refractivity contribution in [3.63, 3.8) is 0 Å². The summed E-state index contributed by atoms with van der Waals surface area (Å²) in [6, 6.07) is 43.8. The molecule has 0 bridgehead atoms. The van der Waals surface area contributed by atoms with E-state index in [1.165, 1.54) is 0 Å². The molecule has 0 aliphatic heterocycles. The molecule has 0 saturated carbocycles. The molecule has 0 aliphatic carbocycles. The van der Waals surface area contributed by atoms with Crippen LogP contribution in [0, 0.1) is 0 Å². The SMILES string of the molecule is c1ccc(-c2nc(-c3ccccc3)nc(-c3cccc4oc5cc6oc(-c7cccc8oc9ccccc9c78)nc6cc5c34)n2)cc1. The summed E-state index contributed by atoms with van der Waals surface area (Å²) in [5, 5.41) is 3.80. The summed E-state index contributed by atoms with van der Waals surface area (Å²) in [7, 11) is 0. The highest BCUT2D eigenvalue weighted by atomic mass is 16.4. The van der Waals surface area contributed by atoms with Crippen molar-refractivity contribution in [2.75, 3.05) is 0 Å². The maximum atomic E-state index is 6.41. The molecular formula is C40H22N4O3. The minimum absolute atomic E-state index is 0.520. The molecule has 220 valence electrons. The van der Waals surface area contributed by atoms with Crippen LogP contribution >= 0.6 is 0 Å². The third-order valence-electron chi connectivity index (χ3n) is 8.58. The van der Waals surface area contributed by atoms with Crippen LogP contribution in [0.3, 0.4) is 0 Å². The zero-order valence-electron chi connectivity index (χ0n) is 24.7. The van der Waals surface area contributed by atoms with Crippen LogP contribution in [0.2, 0.25) is 0 Å². The van der Waals surface area contributed by atoms with Gasteiger partial charge in [-0.3, -0.25) is 0 Å². The molecule has 0 atom stereocenters. The van der Waals surface area contributed by atoms with Crippen LogP contribution in [0.1, 0.15) is 0 Å². The fourth-order valence-electron chi connectivity index (χ4n) is 6.43. The third-order valence-corrected chi connectivity index (χ3v) is 8.58. The molecule has 0 N–H and O–H groups in total. The summed E-state index contributed by atoms with van der Waals surface area (Å²) in [5.41, 5.74) is 7.93. The normalized spacial score (nSPS) is 11.8. The van der Waals surface area contributed by atoms with Crippen molar-refractivity contribution < 1.29 is 13.3 Å². The molecule has 4 heterocycles. The zero-order chi connectivity index (χ0) is 30.9. The van der Waals surface area contributed by atoms with Gasteiger partial charge in [0.2, 0.25) is 5.89 Å². The number of oxazole rings is 1. The van der Waals surface area contributed by atoms with Gasteiger partial charge in [0, 0.05) is 49.9 Å². The van der Waals surface area contributed by atoms with E-state index < -0.39 is 0 Å². The fourth-order valence-corrected chi connectivity index (χ4v) is 6.43. The van der Waals surface area contributed by atoms with E-state index in [0.717, 1.165) is 66.1 Å². The molecule has 7 nitrogen and oxygen atoms in total. The van der Waals surface area contributed by atoms with E-state index in [1.807, 2.05) is 127 Å². The highest BCUT2D eigenvalue weighted by molar-refractivity contribution is 6.15. The summed E-state index contributed by atoms with van der Waals surface area (Å²) in [5.74, 6) is 2.28. The number of benzene rings is 6. The molecule has 0 saturated heterocycles. The molecule has 0 fully saturated rings. The summed E-state index contributed by atoms with van der Waals surface area (Å²) >= 11 is 0. The molecular weight excluding hydrogens is 584 g/mol. The Labute approximate surface area is 266 Å². The maximum Gasteiger partial charge on any atom is 0.228 e. The van der Waals surface area contributed by atoms with Gasteiger partial charge in [0.15, 0.2) is 23.1 Å². The van der Waals surface area contributed by atoms with Crippen molar-refractivity contribution >= 4 is 55.0 Å². The Bertz CT molecular complexity index is 2740. The Morgan fingerprint density at radius 1 is 0.362 bits per heavy atom. The lowest BCUT2D eigenvalue weighted by atomic mass is 10.0. The van der Waals surface area contributed by atoms with Crippen LogP contribution in [-0.4, -0.2) is 19.9 Å². The number of para-hydroxylation sites is 1. The molecule has 4 aromatic heterocycles. The van der Waals surface area contributed by atoms with Crippen molar-refractivity contribution in [1.82, 2.24) is 19.9 Å². The van der Waals surface area contributed by atoms with Gasteiger partial charge in [-0.2, -0.15) is 0 Å². The highest BCUT2D eigenvalue weighted by Crippen LogP contribution is 2.41. The standard InChI is InChI=1S/C40H22N4O3/c1-3-11-23(12-4-1)37-42-38(24-13-5-2-6-14-24)44-39(43-37)26-16-9-19-32-36(26)28-21-29-34(22-33(28)46-32)47-40(41-29)27-17-10-20-31-35(27)25-15-7-8-18-30(25)45-31/h1-22H. The predicted molar refractivity (Wildman–Crippen MR) is 184 cm³/mol. The molecule has 0 spiro atoms. The van der Waals surface area contributed by atoms with Crippen molar-refractivity contribution in [3.8, 4) is 45.6 Å². The number of rotatable bonds is 4. The van der Waals surface area contributed by atoms with Gasteiger partial charge in [-0.1, -0.05) is 97.1 Å². The predicted octanol–water partition coefficient (Wildman–Crippen LogP) is 10.5. The maximum absolute atomic E-state index is 6.41. The van der Waals surface area contributed by atoms with Gasteiger partial charge in [-0.15, -0.1) is 0 Å². The van der Waals surface area contributed by atoms with Crippen LogP contribution in [-0.2, 0) is 0 Å². The second kappa shape index (κ2) is 9.95. The minimum atomic E-state index is 0.520. The average molecular weight is 607 g/mol. The van der Waals surface area contributed by atoms with Crippen LogP contribution in [0.4, 0.5) is 0 Å². The van der Waals surface area contributed by atoms with E-state index in [9.17, 15) is 0 Å². The summed E-state index contributed by atoms with van der Waals surface area (Å²) < 4.78 is 18.9. The van der Waals surface area contributed by atoms with Crippen molar-refractivity contribution in [3.05, 3.63) is 133 Å². The van der Waals surface area contributed by atoms with Crippen LogP contribution < -0.4 is 0 Å². The number of nitrogens with zero attached hydrogens (tertiary/aromatic N) is 4. The van der Waals surface area contributed by atoms with Gasteiger partial charge in [0.25, 0.3) is 0 Å². The molecule has 6 aromatic carbocycles. The highest BCUT2D eigenvalue weighted by Gasteiger charge is 2.21. The third kappa shape index (κ3) is 4.07. The lowest BCUT2D eigenvalue weighted by molar-refractivity contribution is 0.618. The van der Waals surface area contributed by atoms with Gasteiger partial charge in [0.1, 0.15) is 27.8 Å². The van der Waals surface area contributed by atoms with E-state index in [1.54, 1.807) is 0 Å². The number of hydrogen-bond donors (Lipinski definition) is 0. The summed E-state index contributed by atoms with van der Waals surface area (Å²) in [6.45, 7) is 0. The second-order valence-electron chi connectivity index (χ2n) is 11.4. The lowest BCUT2D eigenvalue weighted by Crippen LogP contribution is -2.00. The van der Waals surface area contributed by atoms with E-state index in [0.29, 0.717) is 34.5 Å². The van der Waals surface area contributed by atoms with Gasteiger partial charge in [0.05, 0.1) is 0 Å². The fraction of sp³-hybridized carbons (Fsp3) is 0. The Hall–Kier alpha value is -6.60. The van der Waals surface area contributed by atoms with E-state index in [-0.39, 0.29) is 0 Å². The molecule has 47 heavy (non-hydrogen) atoms. The first kappa shape index (κ1) is 25.7. The average Bonchev–Trinajstić information content (AvgIpc) is 3.83. The molecule has 0 amide bonds. The number of fused-ring (bicyclic) bond motifs is 7. The largest absolute Gasteiger partial charge is 0.456 e. The Morgan fingerprint density at radius 3 is 1.66 bits per heavy atom. The number of furan rings is 2. The molecule has 7 heteroatoms. The quantitative estimate of drug-likeness (QED) is 0.197. The molecule has 0 aliphatic rings. The first-order valence-corrected chi connectivity index (χ1v) is 15.3. The zero-order valence-corrected chi connectivity index (χ0v) is 24.7. The topological polar surface area (TPSA) is 91.0 Å². The first-order valence-electron chi connectivity index (χ1n) is 15.3. The van der Waals surface area contributed by atoms with Crippen LogP contribution in [0.5, 0.6) is 0 Å². The lowest BCUT2D eigenvalue weighted by Gasteiger charge is -2.09. The molecule has 0 radical (unpaired) electrons. The Morgan fingerprint density at radius 2 is 0.936 bits per heavy atom. The Balaban J connectivity index is 1.18. The van der Waals surface area contributed by atoms with E-state index >= 15 is 0 Å². The summed E-state index contributed by atoms with van der Waals surface area (Å²) in [4.78, 5) is 19.8. The first-order chi connectivity index (χ1) is 23.3. The number of aromatic nitrogens is 4. The van der Waals surface area contributed by atoms with Crippen molar-refractivity contribution in [2.45, 2.75) is 0 Å². The van der Waals surface area contributed by atoms with E-state index in [2.05, 4.69) is 6.07 Å². The smallest absolute Gasteiger partial charge is 0.228 e. The van der Waals surface area contributed by atoms with Gasteiger partial charge in [-0.25, -0.2) is 19.9 Å². The van der Waals surface area contributed by atoms with Crippen LogP contribution in [0.15, 0.2) is 147 Å². The van der Waals surface area contributed by atoms with Gasteiger partial charge >= 0.3 is 0 Å². The minimum Gasteiger partial charge on any atom is -0.456 e. The molecule has 10 aromatic rings.